The molecule has 0 aromatic carbocycles. The van der Waals surface area contributed by atoms with Gasteiger partial charge in [0.15, 0.2) is 0 Å². The molecule has 0 amide bonds. The first-order valence-corrected chi connectivity index (χ1v) is 6.13. The lowest BCUT2D eigenvalue weighted by Gasteiger charge is -2.13. The second-order valence-electron chi connectivity index (χ2n) is 4.25. The van der Waals surface area contributed by atoms with Gasteiger partial charge in [-0.2, -0.15) is 13.2 Å². The minimum absolute atomic E-state index is 0.375. The van der Waals surface area contributed by atoms with E-state index in [9.17, 15) is 13.2 Å². The molecule has 3 nitrogen and oxygen atoms in total. The van der Waals surface area contributed by atoms with Crippen molar-refractivity contribution in [3.8, 4) is 0 Å². The molecule has 2 N–H and O–H groups in total. The highest BCUT2D eigenvalue weighted by molar-refractivity contribution is 6.31. The molecule has 2 aromatic heterocycles. The lowest BCUT2D eigenvalue weighted by molar-refractivity contribution is -0.137. The van der Waals surface area contributed by atoms with Crippen LogP contribution in [0.5, 0.6) is 0 Å². The van der Waals surface area contributed by atoms with E-state index in [1.165, 1.54) is 12.3 Å². The van der Waals surface area contributed by atoms with E-state index in [2.05, 4.69) is 9.97 Å². The molecule has 2 aromatic rings. The first-order chi connectivity index (χ1) is 9.38. The van der Waals surface area contributed by atoms with Gasteiger partial charge < -0.3 is 5.73 Å². The number of halogens is 4. The summed E-state index contributed by atoms with van der Waals surface area (Å²) in [6, 6.07) is 3.43. The van der Waals surface area contributed by atoms with Gasteiger partial charge in [-0.15, -0.1) is 0 Å². The van der Waals surface area contributed by atoms with Crippen LogP contribution in [0.15, 0.2) is 36.8 Å². The van der Waals surface area contributed by atoms with Crippen LogP contribution in [0.2, 0.25) is 5.02 Å². The molecule has 106 valence electrons. The number of pyridine rings is 2. The Balaban J connectivity index is 2.14. The van der Waals surface area contributed by atoms with Crippen LogP contribution in [0.1, 0.15) is 22.9 Å². The van der Waals surface area contributed by atoms with Crippen LogP contribution in [0, 0.1) is 0 Å². The number of aromatic nitrogens is 2. The average Bonchev–Trinajstić information content (AvgIpc) is 2.40. The summed E-state index contributed by atoms with van der Waals surface area (Å²) in [5.41, 5.74) is 6.29. The monoisotopic (exact) mass is 301 g/mol. The molecule has 0 fully saturated rings. The molecule has 0 aliphatic carbocycles. The summed E-state index contributed by atoms with van der Waals surface area (Å²) < 4.78 is 37.3. The van der Waals surface area contributed by atoms with Crippen LogP contribution in [0.4, 0.5) is 13.2 Å². The van der Waals surface area contributed by atoms with Crippen molar-refractivity contribution < 1.29 is 13.2 Å². The number of hydrogen-bond donors (Lipinski definition) is 1. The highest BCUT2D eigenvalue weighted by atomic mass is 35.5. The Kier molecular flexibility index (Phi) is 4.25. The van der Waals surface area contributed by atoms with Crippen LogP contribution >= 0.6 is 11.6 Å². The Morgan fingerprint density at radius 2 is 1.95 bits per heavy atom. The van der Waals surface area contributed by atoms with Crippen molar-refractivity contribution in [2.75, 3.05) is 0 Å². The minimum atomic E-state index is -4.40. The molecule has 0 aliphatic rings. The second-order valence-corrected chi connectivity index (χ2v) is 4.65. The Labute approximate surface area is 118 Å². The number of rotatable bonds is 3. The summed E-state index contributed by atoms with van der Waals surface area (Å²) in [6.07, 6.45) is -0.176. The fourth-order valence-electron chi connectivity index (χ4n) is 1.70. The maximum atomic E-state index is 12.4. The quantitative estimate of drug-likeness (QED) is 0.945. The number of nitrogens with zero attached hydrogens (tertiary/aromatic N) is 2. The molecule has 7 heteroatoms. The Bertz CT molecular complexity index is 584. The summed E-state index contributed by atoms with van der Waals surface area (Å²) >= 11 is 5.95. The first kappa shape index (κ1) is 14.7. The minimum Gasteiger partial charge on any atom is -0.322 e. The fraction of sp³-hybridized carbons (Fsp3) is 0.231. The Morgan fingerprint density at radius 3 is 2.50 bits per heavy atom. The molecule has 0 saturated heterocycles. The maximum absolute atomic E-state index is 12.4. The fourth-order valence-corrected chi connectivity index (χ4v) is 1.90. The van der Waals surface area contributed by atoms with Crippen molar-refractivity contribution in [1.29, 1.82) is 0 Å². The molecule has 0 aliphatic heterocycles. The number of hydrogen-bond acceptors (Lipinski definition) is 3. The highest BCUT2D eigenvalue weighted by Crippen LogP contribution is 2.29. The summed E-state index contributed by atoms with van der Waals surface area (Å²) in [6.45, 7) is 0. The molecule has 1 unspecified atom stereocenters. The van der Waals surface area contributed by atoms with Crippen LogP contribution in [0.25, 0.3) is 0 Å². The highest BCUT2D eigenvalue weighted by Gasteiger charge is 2.30. The standard InChI is InChI=1S/C13H11ClF3N3/c14-10-7-19-4-3-8(10)5-11(18)12-2-1-9(6-20-12)13(15,16)17/h1-4,6-7,11H,5,18H2. The summed E-state index contributed by atoms with van der Waals surface area (Å²) in [5, 5.41) is 0.467. The van der Waals surface area contributed by atoms with Gasteiger partial charge in [0.25, 0.3) is 0 Å². The van der Waals surface area contributed by atoms with E-state index in [4.69, 9.17) is 17.3 Å². The van der Waals surface area contributed by atoms with E-state index in [-0.39, 0.29) is 0 Å². The van der Waals surface area contributed by atoms with Gasteiger partial charge in [-0.25, -0.2) is 0 Å². The van der Waals surface area contributed by atoms with Crippen molar-refractivity contribution in [3.05, 3.63) is 58.6 Å². The maximum Gasteiger partial charge on any atom is 0.417 e. The molecule has 20 heavy (non-hydrogen) atoms. The largest absolute Gasteiger partial charge is 0.417 e. The zero-order valence-corrected chi connectivity index (χ0v) is 11.0. The molecule has 0 spiro atoms. The molecular weight excluding hydrogens is 291 g/mol. The van der Waals surface area contributed by atoms with Gasteiger partial charge in [0, 0.05) is 18.6 Å². The zero-order chi connectivity index (χ0) is 14.8. The van der Waals surface area contributed by atoms with Crippen LogP contribution < -0.4 is 5.73 Å². The third kappa shape index (κ3) is 3.46. The lowest BCUT2D eigenvalue weighted by atomic mass is 10.0. The molecule has 2 rings (SSSR count). The first-order valence-electron chi connectivity index (χ1n) is 5.75. The smallest absolute Gasteiger partial charge is 0.322 e. The van der Waals surface area contributed by atoms with Crippen molar-refractivity contribution in [2.45, 2.75) is 18.6 Å². The van der Waals surface area contributed by atoms with E-state index >= 15 is 0 Å². The van der Waals surface area contributed by atoms with Crippen LogP contribution in [-0.2, 0) is 12.6 Å². The second kappa shape index (κ2) is 5.76. The molecular formula is C13H11ClF3N3. The summed E-state index contributed by atoms with van der Waals surface area (Å²) in [4.78, 5) is 7.62. The Hall–Kier alpha value is -1.66. The lowest BCUT2D eigenvalue weighted by Crippen LogP contribution is -2.16. The average molecular weight is 302 g/mol. The third-order valence-electron chi connectivity index (χ3n) is 2.79. The van der Waals surface area contributed by atoms with Crippen molar-refractivity contribution in [1.82, 2.24) is 9.97 Å². The molecule has 0 radical (unpaired) electrons. The van der Waals surface area contributed by atoms with E-state index in [0.717, 1.165) is 17.8 Å². The van der Waals surface area contributed by atoms with Crippen molar-refractivity contribution in [3.63, 3.8) is 0 Å². The van der Waals surface area contributed by atoms with Gasteiger partial charge in [0.05, 0.1) is 22.3 Å². The van der Waals surface area contributed by atoms with Gasteiger partial charge >= 0.3 is 6.18 Å². The molecule has 2 heterocycles. The topological polar surface area (TPSA) is 51.8 Å². The normalized spacial score (nSPS) is 13.2. The van der Waals surface area contributed by atoms with E-state index in [1.807, 2.05) is 0 Å². The summed E-state index contributed by atoms with van der Waals surface area (Å²) in [7, 11) is 0. The molecule has 0 saturated carbocycles. The van der Waals surface area contributed by atoms with Crippen molar-refractivity contribution >= 4 is 11.6 Å². The van der Waals surface area contributed by atoms with Gasteiger partial charge in [0.1, 0.15) is 0 Å². The molecule has 0 bridgehead atoms. The SMILES string of the molecule is NC(Cc1ccncc1Cl)c1ccc(C(F)(F)F)cn1. The van der Waals surface area contributed by atoms with Crippen LogP contribution in [0.3, 0.4) is 0 Å². The van der Waals surface area contributed by atoms with E-state index in [0.29, 0.717) is 17.1 Å². The van der Waals surface area contributed by atoms with Crippen molar-refractivity contribution in [2.24, 2.45) is 5.73 Å². The zero-order valence-electron chi connectivity index (χ0n) is 10.2. The van der Waals surface area contributed by atoms with Gasteiger partial charge in [0.2, 0.25) is 0 Å². The number of nitrogens with two attached hydrogens (primary N) is 1. The predicted octanol–water partition coefficient (Wildman–Crippen LogP) is 3.39. The van der Waals surface area contributed by atoms with E-state index in [1.54, 1.807) is 12.3 Å². The number of alkyl halides is 3. The van der Waals surface area contributed by atoms with E-state index < -0.39 is 17.8 Å². The van der Waals surface area contributed by atoms with Gasteiger partial charge in [-0.1, -0.05) is 11.6 Å². The Morgan fingerprint density at radius 1 is 1.20 bits per heavy atom. The van der Waals surface area contributed by atoms with Crippen LogP contribution in [-0.4, -0.2) is 9.97 Å². The van der Waals surface area contributed by atoms with Gasteiger partial charge in [-0.3, -0.25) is 9.97 Å². The predicted molar refractivity (Wildman–Crippen MR) is 69.1 cm³/mol. The summed E-state index contributed by atoms with van der Waals surface area (Å²) in [5.74, 6) is 0. The van der Waals surface area contributed by atoms with Gasteiger partial charge in [-0.05, 0) is 30.2 Å². The third-order valence-corrected chi connectivity index (χ3v) is 3.13. The molecule has 1 atom stereocenters.